The molecule has 4 rings (SSSR count). The average molecular weight is 343 g/mol. The van der Waals surface area contributed by atoms with Crippen LogP contribution in [-0.2, 0) is 19.9 Å². The lowest BCUT2D eigenvalue weighted by atomic mass is 9.78. The summed E-state index contributed by atoms with van der Waals surface area (Å²) in [7, 11) is 0. The molecule has 0 aliphatic carbocycles. The average Bonchev–Trinajstić information content (AvgIpc) is 3.19. The quantitative estimate of drug-likeness (QED) is 0.865. The highest BCUT2D eigenvalue weighted by Crippen LogP contribution is 2.59. The van der Waals surface area contributed by atoms with Crippen LogP contribution in [0.2, 0.25) is 0 Å². The van der Waals surface area contributed by atoms with Crippen molar-refractivity contribution in [2.24, 2.45) is 0 Å². The number of ether oxygens (including phenoxy) is 1. The summed E-state index contributed by atoms with van der Waals surface area (Å²) in [4.78, 5) is 39.7. The molecule has 0 spiro atoms. The van der Waals surface area contributed by atoms with Crippen molar-refractivity contribution in [1.29, 1.82) is 0 Å². The van der Waals surface area contributed by atoms with E-state index >= 15 is 0 Å². The molecule has 2 aliphatic rings. The van der Waals surface area contributed by atoms with Gasteiger partial charge < -0.3 is 9.84 Å². The van der Waals surface area contributed by atoms with Crippen LogP contribution >= 0.6 is 11.3 Å². The number of aliphatic carboxylic acids is 1. The van der Waals surface area contributed by atoms with E-state index in [4.69, 9.17) is 4.74 Å². The molecule has 7 heteroatoms. The molecule has 0 fully saturated rings. The number of hydrogen-bond acceptors (Lipinski definition) is 5. The zero-order valence-corrected chi connectivity index (χ0v) is 13.5. The summed E-state index contributed by atoms with van der Waals surface area (Å²) in [6.45, 7) is 1.76. The van der Waals surface area contributed by atoms with E-state index in [9.17, 15) is 19.5 Å². The van der Waals surface area contributed by atoms with Gasteiger partial charge in [-0.1, -0.05) is 18.2 Å². The number of amides is 1. The van der Waals surface area contributed by atoms with Gasteiger partial charge in [0, 0.05) is 11.3 Å². The van der Waals surface area contributed by atoms with Crippen LogP contribution in [0.5, 0.6) is 0 Å². The van der Waals surface area contributed by atoms with Gasteiger partial charge in [0.15, 0.2) is 5.54 Å². The van der Waals surface area contributed by atoms with E-state index in [0.29, 0.717) is 21.7 Å². The number of hydrogen-bond donors (Lipinski definition) is 1. The molecule has 1 N–H and O–H groups in total. The summed E-state index contributed by atoms with van der Waals surface area (Å²) in [5.41, 5.74) is -0.355. The van der Waals surface area contributed by atoms with Gasteiger partial charge in [0.25, 0.3) is 5.91 Å². The first-order valence-corrected chi connectivity index (χ1v) is 8.34. The van der Waals surface area contributed by atoms with E-state index < -0.39 is 23.4 Å². The van der Waals surface area contributed by atoms with Crippen LogP contribution in [0.3, 0.4) is 0 Å². The van der Waals surface area contributed by atoms with Crippen molar-refractivity contribution in [2.75, 3.05) is 11.5 Å². The molecule has 6 nitrogen and oxygen atoms in total. The number of benzene rings is 1. The first kappa shape index (κ1) is 14.9. The summed E-state index contributed by atoms with van der Waals surface area (Å²) in [5, 5.41) is 11.6. The lowest BCUT2D eigenvalue weighted by Gasteiger charge is -2.33. The van der Waals surface area contributed by atoms with Gasteiger partial charge in [-0.15, -0.1) is 11.3 Å². The Kier molecular flexibility index (Phi) is 3.05. The number of nitrogens with zero attached hydrogens (tertiary/aromatic N) is 1. The number of para-hydroxylation sites is 1. The van der Waals surface area contributed by atoms with Gasteiger partial charge in [0.1, 0.15) is 5.92 Å². The largest absolute Gasteiger partial charge is 0.481 e. The maximum Gasteiger partial charge on any atom is 0.338 e. The Balaban J connectivity index is 2.08. The molecular formula is C17H13NO5S. The molecule has 0 bridgehead atoms. The number of anilines is 1. The van der Waals surface area contributed by atoms with Crippen LogP contribution in [0.25, 0.3) is 0 Å². The summed E-state index contributed by atoms with van der Waals surface area (Å²) < 4.78 is 5.23. The zero-order chi connectivity index (χ0) is 17.1. The minimum Gasteiger partial charge on any atom is -0.481 e. The van der Waals surface area contributed by atoms with Gasteiger partial charge in [0.2, 0.25) is 0 Å². The molecule has 122 valence electrons. The van der Waals surface area contributed by atoms with Gasteiger partial charge >= 0.3 is 11.9 Å². The third kappa shape index (κ3) is 1.52. The predicted molar refractivity (Wildman–Crippen MR) is 86.3 cm³/mol. The summed E-state index contributed by atoms with van der Waals surface area (Å²) in [6.07, 6.45) is 0. The standard InChI is InChI=1S/C17H13NO5S/c1-2-23-16(22)17-10-7-8-24-13(10)14(19)18(17)11-6-4-3-5-9(11)12(17)15(20)21/h3-8,12H,2H2,1H3,(H,20,21). The highest BCUT2D eigenvalue weighted by Gasteiger charge is 2.68. The van der Waals surface area contributed by atoms with Crippen LogP contribution < -0.4 is 4.90 Å². The van der Waals surface area contributed by atoms with Crippen molar-refractivity contribution < 1.29 is 24.2 Å². The number of esters is 1. The lowest BCUT2D eigenvalue weighted by molar-refractivity contribution is -0.155. The van der Waals surface area contributed by atoms with Crippen molar-refractivity contribution in [2.45, 2.75) is 18.4 Å². The van der Waals surface area contributed by atoms with Gasteiger partial charge in [-0.3, -0.25) is 14.5 Å². The first-order chi connectivity index (χ1) is 11.5. The number of rotatable bonds is 3. The topological polar surface area (TPSA) is 83.9 Å². The van der Waals surface area contributed by atoms with Crippen molar-refractivity contribution in [3.63, 3.8) is 0 Å². The number of carbonyl (C=O) groups excluding carboxylic acids is 2. The van der Waals surface area contributed by atoms with Crippen LogP contribution in [0.1, 0.15) is 33.6 Å². The van der Waals surface area contributed by atoms with E-state index in [0.717, 1.165) is 0 Å². The summed E-state index contributed by atoms with van der Waals surface area (Å²) >= 11 is 1.21. The highest BCUT2D eigenvalue weighted by atomic mass is 32.1. The predicted octanol–water partition coefficient (Wildman–Crippen LogP) is 2.35. The number of fused-ring (bicyclic) bond motifs is 5. The summed E-state index contributed by atoms with van der Waals surface area (Å²) in [6, 6.07) is 8.39. The molecule has 0 saturated heterocycles. The molecule has 2 aromatic rings. The normalized spacial score (nSPS) is 23.6. The fourth-order valence-corrected chi connectivity index (χ4v) is 4.66. The Morgan fingerprint density at radius 2 is 2.08 bits per heavy atom. The molecule has 1 amide bonds. The Hall–Kier alpha value is -2.67. The lowest BCUT2D eigenvalue weighted by Crippen LogP contribution is -2.52. The van der Waals surface area contributed by atoms with E-state index in [-0.39, 0.29) is 12.5 Å². The number of thiophene rings is 1. The Bertz CT molecular complexity index is 889. The van der Waals surface area contributed by atoms with Crippen molar-refractivity contribution in [1.82, 2.24) is 0 Å². The second kappa shape index (κ2) is 4.91. The fourth-order valence-electron chi connectivity index (χ4n) is 3.77. The van der Waals surface area contributed by atoms with Crippen molar-refractivity contribution in [3.05, 3.63) is 51.7 Å². The molecular weight excluding hydrogens is 330 g/mol. The van der Waals surface area contributed by atoms with Crippen LogP contribution in [0.4, 0.5) is 5.69 Å². The molecule has 2 atom stereocenters. The zero-order valence-electron chi connectivity index (χ0n) is 12.7. The Morgan fingerprint density at radius 1 is 1.33 bits per heavy atom. The number of carboxylic acids is 1. The van der Waals surface area contributed by atoms with E-state index in [1.165, 1.54) is 16.2 Å². The van der Waals surface area contributed by atoms with E-state index in [2.05, 4.69) is 0 Å². The monoisotopic (exact) mass is 343 g/mol. The SMILES string of the molecule is CCOC(=O)C12c3ccsc3C(=O)N1c1ccccc1C2C(=O)O. The fraction of sp³-hybridized carbons (Fsp3) is 0.235. The van der Waals surface area contributed by atoms with Crippen LogP contribution in [-0.4, -0.2) is 29.6 Å². The van der Waals surface area contributed by atoms with Gasteiger partial charge in [0.05, 0.1) is 11.5 Å². The number of carboxylic acid groups (broad SMARTS) is 1. The van der Waals surface area contributed by atoms with Crippen LogP contribution in [0, 0.1) is 0 Å². The molecule has 1 aromatic carbocycles. The maximum absolute atomic E-state index is 13.0. The smallest absolute Gasteiger partial charge is 0.338 e. The van der Waals surface area contributed by atoms with Gasteiger partial charge in [-0.05, 0) is 30.0 Å². The van der Waals surface area contributed by atoms with Crippen molar-refractivity contribution >= 4 is 34.9 Å². The van der Waals surface area contributed by atoms with Crippen LogP contribution in [0.15, 0.2) is 35.7 Å². The maximum atomic E-state index is 13.0. The second-order valence-corrected chi connectivity index (χ2v) is 6.54. The van der Waals surface area contributed by atoms with Gasteiger partial charge in [-0.2, -0.15) is 0 Å². The summed E-state index contributed by atoms with van der Waals surface area (Å²) in [5.74, 6) is -3.43. The molecule has 1 aromatic heterocycles. The van der Waals surface area contributed by atoms with Gasteiger partial charge in [-0.25, -0.2) is 4.79 Å². The minimum absolute atomic E-state index is 0.102. The Morgan fingerprint density at radius 3 is 2.79 bits per heavy atom. The Labute approximate surface area is 141 Å². The first-order valence-electron chi connectivity index (χ1n) is 7.46. The number of carbonyl (C=O) groups is 3. The third-order valence-corrected chi connectivity index (χ3v) is 5.47. The molecule has 2 unspecified atom stereocenters. The molecule has 0 saturated carbocycles. The van der Waals surface area contributed by atoms with Crippen molar-refractivity contribution in [3.8, 4) is 0 Å². The molecule has 24 heavy (non-hydrogen) atoms. The van der Waals surface area contributed by atoms with E-state index in [1.54, 1.807) is 42.6 Å². The molecule has 3 heterocycles. The second-order valence-electron chi connectivity index (χ2n) is 5.62. The molecule has 0 radical (unpaired) electrons. The molecule has 2 aliphatic heterocycles. The highest BCUT2D eigenvalue weighted by molar-refractivity contribution is 7.12. The third-order valence-electron chi connectivity index (χ3n) is 4.57. The van der Waals surface area contributed by atoms with E-state index in [1.807, 2.05) is 0 Å². The minimum atomic E-state index is -1.67.